The van der Waals surface area contributed by atoms with Crippen molar-refractivity contribution < 1.29 is 0 Å². The largest absolute Gasteiger partial charge is 0.381 e. The monoisotopic (exact) mass is 398 g/mol. The summed E-state index contributed by atoms with van der Waals surface area (Å²) in [6.07, 6.45) is 7.99. The Morgan fingerprint density at radius 3 is 2.68 bits per heavy atom. The molecule has 0 aromatic carbocycles. The molecule has 28 heavy (non-hydrogen) atoms. The summed E-state index contributed by atoms with van der Waals surface area (Å²) in [5.74, 6) is 1.46. The number of anilines is 3. The van der Waals surface area contributed by atoms with Crippen LogP contribution < -0.4 is 21.7 Å². The quantitative estimate of drug-likeness (QED) is 0.525. The van der Waals surface area contributed by atoms with Gasteiger partial charge in [-0.1, -0.05) is 12.2 Å². The first-order chi connectivity index (χ1) is 13.5. The molecule has 1 saturated heterocycles. The van der Waals surface area contributed by atoms with Crippen LogP contribution in [0.4, 0.5) is 17.6 Å². The van der Waals surface area contributed by atoms with E-state index in [1.54, 1.807) is 18.5 Å². The van der Waals surface area contributed by atoms with Gasteiger partial charge in [-0.25, -0.2) is 19.9 Å². The Bertz CT molecular complexity index is 878. The predicted octanol–water partition coefficient (Wildman–Crippen LogP) is 2.11. The zero-order valence-corrected chi connectivity index (χ0v) is 16.9. The number of hydrogen-bond acceptors (Lipinski definition) is 9. The van der Waals surface area contributed by atoms with Crippen LogP contribution in [0.15, 0.2) is 40.7 Å². The molecule has 148 valence electrons. The second-order valence-corrected chi connectivity index (χ2v) is 8.51. The van der Waals surface area contributed by atoms with Crippen molar-refractivity contribution in [3.8, 4) is 0 Å². The zero-order valence-electron chi connectivity index (χ0n) is 16.1. The van der Waals surface area contributed by atoms with Gasteiger partial charge in [0.2, 0.25) is 5.95 Å². The lowest BCUT2D eigenvalue weighted by molar-refractivity contribution is 0.187. The summed E-state index contributed by atoms with van der Waals surface area (Å²) in [4.78, 5) is 19.5. The minimum absolute atomic E-state index is 0.227. The van der Waals surface area contributed by atoms with Gasteiger partial charge < -0.3 is 21.7 Å². The topological polar surface area (TPSA) is 119 Å². The lowest BCUT2D eigenvalue weighted by Crippen LogP contribution is -2.48. The first-order valence-electron chi connectivity index (χ1n) is 9.49. The maximum atomic E-state index is 6.17. The minimum Gasteiger partial charge on any atom is -0.381 e. The first kappa shape index (κ1) is 18.9. The Morgan fingerprint density at radius 2 is 2.00 bits per heavy atom. The molecule has 9 heteroatoms. The number of rotatable bonds is 4. The fourth-order valence-electron chi connectivity index (χ4n) is 4.49. The van der Waals surface area contributed by atoms with Crippen LogP contribution in [0.3, 0.4) is 0 Å². The van der Waals surface area contributed by atoms with Crippen LogP contribution in [0, 0.1) is 5.41 Å². The molecule has 1 atom stereocenters. The highest BCUT2D eigenvalue weighted by Gasteiger charge is 2.45. The van der Waals surface area contributed by atoms with Crippen molar-refractivity contribution in [2.75, 3.05) is 36.5 Å². The molecule has 0 bridgehead atoms. The molecule has 2 aliphatic rings. The van der Waals surface area contributed by atoms with Crippen molar-refractivity contribution >= 4 is 29.3 Å². The van der Waals surface area contributed by atoms with Crippen molar-refractivity contribution in [3.05, 3.63) is 30.6 Å². The summed E-state index contributed by atoms with van der Waals surface area (Å²) < 4.78 is 0. The predicted molar refractivity (Wildman–Crippen MR) is 112 cm³/mol. The van der Waals surface area contributed by atoms with Gasteiger partial charge in [0.25, 0.3) is 0 Å². The third kappa shape index (κ3) is 3.51. The van der Waals surface area contributed by atoms with Gasteiger partial charge in [0.15, 0.2) is 5.82 Å². The molecule has 0 radical (unpaired) electrons. The normalized spacial score (nSPS) is 21.4. The lowest BCUT2D eigenvalue weighted by atomic mass is 9.73. The Hall–Kier alpha value is -2.39. The van der Waals surface area contributed by atoms with Crippen LogP contribution in [0.5, 0.6) is 0 Å². The van der Waals surface area contributed by atoms with E-state index in [2.05, 4.69) is 36.7 Å². The summed E-state index contributed by atoms with van der Waals surface area (Å²) in [5, 5.41) is 4.80. The highest BCUT2D eigenvalue weighted by atomic mass is 32.2. The van der Waals surface area contributed by atoms with E-state index in [1.807, 2.05) is 7.05 Å². The van der Waals surface area contributed by atoms with Gasteiger partial charge in [-0.05, 0) is 56.0 Å². The molecule has 4 rings (SSSR count). The van der Waals surface area contributed by atoms with E-state index in [4.69, 9.17) is 11.5 Å². The van der Waals surface area contributed by atoms with Crippen LogP contribution in [0.1, 0.15) is 25.7 Å². The molecule has 0 unspecified atom stereocenters. The third-order valence-corrected chi connectivity index (χ3v) is 6.88. The van der Waals surface area contributed by atoms with E-state index in [0.717, 1.165) is 38.2 Å². The van der Waals surface area contributed by atoms with Crippen molar-refractivity contribution in [1.82, 2.24) is 25.3 Å². The van der Waals surface area contributed by atoms with Gasteiger partial charge in [-0.2, -0.15) is 0 Å². The van der Waals surface area contributed by atoms with Gasteiger partial charge in [-0.15, -0.1) is 0 Å². The summed E-state index contributed by atoms with van der Waals surface area (Å²) >= 11 is 1.34. The highest BCUT2D eigenvalue weighted by Crippen LogP contribution is 2.48. The van der Waals surface area contributed by atoms with Gasteiger partial charge in [0.1, 0.15) is 15.9 Å². The number of piperidine rings is 1. The maximum Gasteiger partial charge on any atom is 0.221 e. The molecule has 0 amide bonds. The number of likely N-dealkylation sites (N-methyl/N-ethyl adjacent to an activating group) is 1. The molecular weight excluding hydrogens is 372 g/mol. The molecule has 2 aromatic rings. The van der Waals surface area contributed by atoms with Gasteiger partial charge in [0, 0.05) is 25.3 Å². The van der Waals surface area contributed by atoms with Crippen LogP contribution >= 0.6 is 11.8 Å². The smallest absolute Gasteiger partial charge is 0.221 e. The summed E-state index contributed by atoms with van der Waals surface area (Å²) in [5.41, 5.74) is 13.5. The molecule has 2 aromatic heterocycles. The third-order valence-electron chi connectivity index (χ3n) is 5.94. The lowest BCUT2D eigenvalue weighted by Gasteiger charge is -2.43. The average Bonchev–Trinajstić information content (AvgIpc) is 2.99. The zero-order chi connectivity index (χ0) is 19.7. The molecule has 3 heterocycles. The standard InChI is InChI=1S/C19H26N8S/c1-12-3-5-19(15(12)22-2)6-9-27(10-7-19)13-11-24-17(16(20)25-13)28-14-4-8-23-18(21)26-14/h4,8,11,15,22H,1,3,5-7,9-10H2,2H3,(H2,20,25)(H2,21,23,26)/t15-/m1/s1. The van der Waals surface area contributed by atoms with E-state index in [9.17, 15) is 0 Å². The average molecular weight is 399 g/mol. The highest BCUT2D eigenvalue weighted by molar-refractivity contribution is 7.99. The fraction of sp³-hybridized carbons (Fsp3) is 0.474. The number of nitrogens with one attached hydrogen (secondary N) is 1. The molecule has 2 fully saturated rings. The Balaban J connectivity index is 1.45. The molecule has 1 saturated carbocycles. The van der Waals surface area contributed by atoms with Crippen LogP contribution in [0.25, 0.3) is 0 Å². The van der Waals surface area contributed by atoms with Crippen LogP contribution in [-0.4, -0.2) is 46.1 Å². The Labute approximate surface area is 169 Å². The summed E-state index contributed by atoms with van der Waals surface area (Å²) in [7, 11) is 2.04. The molecule has 1 spiro atoms. The van der Waals surface area contributed by atoms with Gasteiger partial charge in [0.05, 0.1) is 6.20 Å². The second kappa shape index (κ2) is 7.56. The van der Waals surface area contributed by atoms with Crippen molar-refractivity contribution in [2.24, 2.45) is 5.41 Å². The first-order valence-corrected chi connectivity index (χ1v) is 10.3. The molecule has 1 aliphatic carbocycles. The second-order valence-electron chi connectivity index (χ2n) is 7.50. The SMILES string of the molecule is C=C1CCC2(CCN(c3cnc(Sc4ccnc(N)n4)c(N)n3)CC2)[C@@H]1NC. The van der Waals surface area contributed by atoms with Gasteiger partial charge in [-0.3, -0.25) is 0 Å². The fourth-order valence-corrected chi connectivity index (χ4v) is 5.21. The van der Waals surface area contributed by atoms with Crippen LogP contribution in [-0.2, 0) is 0 Å². The van der Waals surface area contributed by atoms with E-state index in [1.165, 1.54) is 23.8 Å². The van der Waals surface area contributed by atoms with Crippen molar-refractivity contribution in [2.45, 2.75) is 41.8 Å². The minimum atomic E-state index is 0.227. The summed E-state index contributed by atoms with van der Waals surface area (Å²) in [6.45, 7) is 6.17. The number of aromatic nitrogens is 4. The Kier molecular flexibility index (Phi) is 5.11. The maximum absolute atomic E-state index is 6.17. The van der Waals surface area contributed by atoms with Crippen molar-refractivity contribution in [1.29, 1.82) is 0 Å². The molecular formula is C19H26N8S. The van der Waals surface area contributed by atoms with E-state index in [0.29, 0.717) is 27.3 Å². The van der Waals surface area contributed by atoms with Crippen molar-refractivity contribution in [3.63, 3.8) is 0 Å². The number of nitrogens with two attached hydrogens (primary N) is 2. The molecule has 1 aliphatic heterocycles. The Morgan fingerprint density at radius 1 is 1.21 bits per heavy atom. The number of nitrogen functional groups attached to an aromatic ring is 2. The molecule has 8 nitrogen and oxygen atoms in total. The van der Waals surface area contributed by atoms with Gasteiger partial charge >= 0.3 is 0 Å². The summed E-state index contributed by atoms with van der Waals surface area (Å²) in [6, 6.07) is 2.19. The number of nitrogens with zero attached hydrogens (tertiary/aromatic N) is 5. The van der Waals surface area contributed by atoms with E-state index >= 15 is 0 Å². The molecule has 5 N–H and O–H groups in total. The number of hydrogen-bond donors (Lipinski definition) is 3. The van der Waals surface area contributed by atoms with E-state index in [-0.39, 0.29) is 5.95 Å². The van der Waals surface area contributed by atoms with E-state index < -0.39 is 0 Å². The van der Waals surface area contributed by atoms with Crippen LogP contribution in [0.2, 0.25) is 0 Å².